The summed E-state index contributed by atoms with van der Waals surface area (Å²) in [7, 11) is 1.74. The smallest absolute Gasteiger partial charge is 0.258 e. The zero-order valence-corrected chi connectivity index (χ0v) is 18.5. The number of aryl methyl sites for hydroxylation is 1. The van der Waals surface area contributed by atoms with E-state index in [-0.39, 0.29) is 11.9 Å². The number of hydrogen-bond acceptors (Lipinski definition) is 3. The van der Waals surface area contributed by atoms with Crippen molar-refractivity contribution in [2.75, 3.05) is 26.2 Å². The van der Waals surface area contributed by atoms with Gasteiger partial charge in [0.2, 0.25) is 0 Å². The number of amides is 1. The standard InChI is InChI=1S/C22H22BrClN4O/c1-26-21(24)19(15-25-26)22(29)28-13-11-27(12-14-28)20(16-5-3-2-4-6-16)17-7-9-18(23)10-8-17/h2-10,15,20H,11-14H2,1H3. The monoisotopic (exact) mass is 472 g/mol. The SMILES string of the molecule is Cn1ncc(C(=O)N2CCN(C(c3ccccc3)c3ccc(Br)cc3)CC2)c1Cl. The van der Waals surface area contributed by atoms with Gasteiger partial charge in [0.1, 0.15) is 5.15 Å². The lowest BCUT2D eigenvalue weighted by Crippen LogP contribution is -2.49. The summed E-state index contributed by atoms with van der Waals surface area (Å²) in [6.07, 6.45) is 1.55. The Morgan fingerprint density at radius 3 is 2.21 bits per heavy atom. The third kappa shape index (κ3) is 4.25. The summed E-state index contributed by atoms with van der Waals surface area (Å²) < 4.78 is 2.58. The van der Waals surface area contributed by atoms with E-state index in [4.69, 9.17) is 11.6 Å². The highest BCUT2D eigenvalue weighted by Crippen LogP contribution is 2.30. The number of halogens is 2. The van der Waals surface area contributed by atoms with Crippen LogP contribution in [0.5, 0.6) is 0 Å². The fourth-order valence-electron chi connectivity index (χ4n) is 3.81. The van der Waals surface area contributed by atoms with Crippen molar-refractivity contribution in [3.63, 3.8) is 0 Å². The van der Waals surface area contributed by atoms with E-state index in [1.54, 1.807) is 13.2 Å². The summed E-state index contributed by atoms with van der Waals surface area (Å²) in [5.41, 5.74) is 2.97. The zero-order chi connectivity index (χ0) is 20.4. The average molecular weight is 474 g/mol. The summed E-state index contributed by atoms with van der Waals surface area (Å²) in [6.45, 7) is 2.90. The van der Waals surface area contributed by atoms with E-state index < -0.39 is 0 Å². The largest absolute Gasteiger partial charge is 0.336 e. The maximum Gasteiger partial charge on any atom is 0.258 e. The van der Waals surface area contributed by atoms with E-state index in [1.807, 2.05) is 11.0 Å². The Labute approximate surface area is 184 Å². The van der Waals surface area contributed by atoms with Crippen LogP contribution in [0.2, 0.25) is 5.15 Å². The number of hydrogen-bond donors (Lipinski definition) is 0. The zero-order valence-electron chi connectivity index (χ0n) is 16.1. The van der Waals surface area contributed by atoms with Gasteiger partial charge in [-0.3, -0.25) is 14.4 Å². The molecule has 1 atom stereocenters. The molecule has 0 saturated carbocycles. The van der Waals surface area contributed by atoms with Crippen molar-refractivity contribution < 1.29 is 4.79 Å². The van der Waals surface area contributed by atoms with Gasteiger partial charge >= 0.3 is 0 Å². The maximum atomic E-state index is 12.9. The number of benzene rings is 2. The van der Waals surface area contributed by atoms with E-state index in [0.717, 1.165) is 17.6 Å². The Morgan fingerprint density at radius 1 is 1.00 bits per heavy atom. The molecular weight excluding hydrogens is 452 g/mol. The summed E-state index contributed by atoms with van der Waals surface area (Å²) in [6, 6.07) is 19.2. The molecule has 2 aromatic carbocycles. The number of aromatic nitrogens is 2. The molecule has 0 N–H and O–H groups in total. The van der Waals surface area contributed by atoms with Crippen molar-refractivity contribution >= 4 is 33.4 Å². The van der Waals surface area contributed by atoms with Gasteiger partial charge in [0.05, 0.1) is 17.8 Å². The third-order valence-electron chi connectivity index (χ3n) is 5.36. The Balaban J connectivity index is 1.53. The average Bonchev–Trinajstić information content (AvgIpc) is 3.09. The van der Waals surface area contributed by atoms with Gasteiger partial charge in [-0.1, -0.05) is 70.0 Å². The molecule has 1 aliphatic rings. The molecule has 1 amide bonds. The first-order valence-corrected chi connectivity index (χ1v) is 10.7. The lowest BCUT2D eigenvalue weighted by molar-refractivity contribution is 0.0597. The topological polar surface area (TPSA) is 41.4 Å². The van der Waals surface area contributed by atoms with E-state index in [2.05, 4.69) is 74.5 Å². The molecule has 1 aromatic heterocycles. The molecule has 1 aliphatic heterocycles. The molecule has 4 rings (SSSR count). The number of carbonyl (C=O) groups excluding carboxylic acids is 1. The van der Waals surface area contributed by atoms with Crippen molar-refractivity contribution in [2.45, 2.75) is 6.04 Å². The van der Waals surface area contributed by atoms with E-state index in [1.165, 1.54) is 15.8 Å². The van der Waals surface area contributed by atoms with Crippen LogP contribution < -0.4 is 0 Å². The molecular formula is C22H22BrClN4O. The Morgan fingerprint density at radius 2 is 1.62 bits per heavy atom. The van der Waals surface area contributed by atoms with Gasteiger partial charge in [0.15, 0.2) is 0 Å². The molecule has 150 valence electrons. The molecule has 7 heteroatoms. The van der Waals surface area contributed by atoms with Gasteiger partial charge in [0.25, 0.3) is 5.91 Å². The molecule has 0 bridgehead atoms. The minimum absolute atomic E-state index is 0.0531. The van der Waals surface area contributed by atoms with Gasteiger partial charge in [-0.2, -0.15) is 5.10 Å². The summed E-state index contributed by atoms with van der Waals surface area (Å²) in [4.78, 5) is 17.2. The van der Waals surface area contributed by atoms with Crippen molar-refractivity contribution in [1.82, 2.24) is 19.6 Å². The van der Waals surface area contributed by atoms with Crippen LogP contribution in [0.15, 0.2) is 65.3 Å². The Hall–Kier alpha value is -2.15. The minimum atomic E-state index is -0.0531. The number of nitrogens with zero attached hydrogens (tertiary/aromatic N) is 4. The van der Waals surface area contributed by atoms with Crippen LogP contribution in [0.4, 0.5) is 0 Å². The lowest BCUT2D eigenvalue weighted by atomic mass is 9.96. The quantitative estimate of drug-likeness (QED) is 0.564. The van der Waals surface area contributed by atoms with Crippen LogP contribution in [0, 0.1) is 0 Å². The van der Waals surface area contributed by atoms with Crippen molar-refractivity contribution in [3.05, 3.63) is 87.1 Å². The Bertz CT molecular complexity index is 982. The molecule has 1 fully saturated rings. The number of rotatable bonds is 4. The lowest BCUT2D eigenvalue weighted by Gasteiger charge is -2.39. The fraction of sp³-hybridized carbons (Fsp3) is 0.273. The number of piperazine rings is 1. The van der Waals surface area contributed by atoms with Crippen LogP contribution in [0.25, 0.3) is 0 Å². The van der Waals surface area contributed by atoms with Crippen molar-refractivity contribution in [1.29, 1.82) is 0 Å². The van der Waals surface area contributed by atoms with Crippen molar-refractivity contribution in [3.8, 4) is 0 Å². The first kappa shape index (κ1) is 20.1. The van der Waals surface area contributed by atoms with Crippen molar-refractivity contribution in [2.24, 2.45) is 7.05 Å². The summed E-state index contributed by atoms with van der Waals surface area (Å²) >= 11 is 9.74. The highest BCUT2D eigenvalue weighted by molar-refractivity contribution is 9.10. The Kier molecular flexibility index (Phi) is 6.04. The van der Waals surface area contributed by atoms with E-state index >= 15 is 0 Å². The predicted molar refractivity (Wildman–Crippen MR) is 118 cm³/mol. The molecule has 1 saturated heterocycles. The van der Waals surface area contributed by atoms with Crippen LogP contribution in [-0.2, 0) is 7.05 Å². The third-order valence-corrected chi connectivity index (χ3v) is 6.34. The molecule has 0 aliphatic carbocycles. The molecule has 2 heterocycles. The fourth-order valence-corrected chi connectivity index (χ4v) is 4.25. The van der Waals surface area contributed by atoms with Crippen LogP contribution >= 0.6 is 27.5 Å². The molecule has 5 nitrogen and oxygen atoms in total. The molecule has 1 unspecified atom stereocenters. The highest BCUT2D eigenvalue weighted by atomic mass is 79.9. The minimum Gasteiger partial charge on any atom is -0.336 e. The van der Waals surface area contributed by atoms with Gasteiger partial charge in [-0.15, -0.1) is 0 Å². The predicted octanol–water partition coefficient (Wildman–Crippen LogP) is 4.38. The molecule has 3 aromatic rings. The summed E-state index contributed by atoms with van der Waals surface area (Å²) in [5.74, 6) is -0.0531. The molecule has 29 heavy (non-hydrogen) atoms. The van der Waals surface area contributed by atoms with Crippen LogP contribution in [0.1, 0.15) is 27.5 Å². The molecule has 0 radical (unpaired) electrons. The van der Waals surface area contributed by atoms with E-state index in [9.17, 15) is 4.79 Å². The highest BCUT2D eigenvalue weighted by Gasteiger charge is 2.29. The second-order valence-corrected chi connectivity index (χ2v) is 8.44. The van der Waals surface area contributed by atoms with Gasteiger partial charge in [-0.25, -0.2) is 0 Å². The maximum absolute atomic E-state index is 12.9. The van der Waals surface area contributed by atoms with Crippen LogP contribution in [0.3, 0.4) is 0 Å². The van der Waals surface area contributed by atoms with Gasteiger partial charge in [-0.05, 0) is 23.3 Å². The second-order valence-electron chi connectivity index (χ2n) is 7.17. The van der Waals surface area contributed by atoms with Gasteiger partial charge in [0, 0.05) is 37.7 Å². The van der Waals surface area contributed by atoms with Gasteiger partial charge < -0.3 is 4.90 Å². The van der Waals surface area contributed by atoms with E-state index in [0.29, 0.717) is 23.8 Å². The normalized spacial score (nSPS) is 16.0. The van der Waals surface area contributed by atoms with Crippen LogP contribution in [-0.4, -0.2) is 51.7 Å². The first-order valence-electron chi connectivity index (χ1n) is 9.56. The first-order chi connectivity index (χ1) is 14.0. The summed E-state index contributed by atoms with van der Waals surface area (Å²) in [5, 5.41) is 4.47. The number of carbonyl (C=O) groups is 1. The second kappa shape index (κ2) is 8.69. The molecule has 0 spiro atoms.